The Morgan fingerprint density at radius 3 is 2.15 bits per heavy atom. The molecular weight excluding hydrogens is 381 g/mol. The third kappa shape index (κ3) is 4.63. The van der Waals surface area contributed by atoms with Gasteiger partial charge in [0, 0.05) is 17.2 Å². The number of alkyl halides is 3. The van der Waals surface area contributed by atoms with Crippen molar-refractivity contribution in [2.24, 2.45) is 0 Å². The summed E-state index contributed by atoms with van der Waals surface area (Å²) in [6, 6.07) is 5.60. The van der Waals surface area contributed by atoms with Crippen LogP contribution in [0.5, 0.6) is 28.7 Å². The number of carboxylic acid groups (broad SMARTS) is 1. The molecule has 0 radical (unpaired) electrons. The molecule has 0 aliphatic carbocycles. The van der Waals surface area contributed by atoms with Crippen LogP contribution in [0.2, 0.25) is 5.02 Å². The zero-order valence-electron chi connectivity index (χ0n) is 13.4. The molecule has 0 aromatic heterocycles. The molecule has 0 unspecified atom stereocenters. The summed E-state index contributed by atoms with van der Waals surface area (Å²) in [5, 5.41) is 9.50. The average molecular weight is 393 g/mol. The molecule has 0 bridgehead atoms. The van der Waals surface area contributed by atoms with Gasteiger partial charge in [0.15, 0.2) is 11.5 Å². The van der Waals surface area contributed by atoms with E-state index in [1.165, 1.54) is 26.4 Å². The predicted octanol–water partition coefficient (Wildman–Crippen LogP) is 4.75. The highest BCUT2D eigenvalue weighted by atomic mass is 35.5. The Bertz CT molecular complexity index is 822. The van der Waals surface area contributed by atoms with Crippen molar-refractivity contribution in [1.29, 1.82) is 0 Å². The van der Waals surface area contributed by atoms with Crippen LogP contribution >= 0.6 is 11.6 Å². The van der Waals surface area contributed by atoms with Gasteiger partial charge >= 0.3 is 12.3 Å². The van der Waals surface area contributed by atoms with E-state index in [1.54, 1.807) is 0 Å². The summed E-state index contributed by atoms with van der Waals surface area (Å²) in [4.78, 5) is 11.5. The van der Waals surface area contributed by atoms with Gasteiger partial charge in [-0.3, -0.25) is 0 Å². The van der Waals surface area contributed by atoms with Gasteiger partial charge in [-0.2, -0.15) is 0 Å². The maximum atomic E-state index is 12.3. The third-order valence-corrected chi connectivity index (χ3v) is 3.27. The van der Waals surface area contributed by atoms with Crippen LogP contribution in [0.4, 0.5) is 13.2 Å². The topological polar surface area (TPSA) is 74.2 Å². The second-order valence-corrected chi connectivity index (χ2v) is 5.19. The Balaban J connectivity index is 2.45. The highest BCUT2D eigenvalue weighted by Gasteiger charge is 2.31. The van der Waals surface area contributed by atoms with Gasteiger partial charge in [-0.05, 0) is 18.2 Å². The normalized spacial score (nSPS) is 11.0. The fraction of sp³-hybridized carbons (Fsp3) is 0.188. The van der Waals surface area contributed by atoms with Crippen LogP contribution in [0, 0.1) is 0 Å². The first kappa shape index (κ1) is 19.5. The van der Waals surface area contributed by atoms with Crippen molar-refractivity contribution in [2.75, 3.05) is 14.2 Å². The van der Waals surface area contributed by atoms with Gasteiger partial charge in [0.25, 0.3) is 0 Å². The minimum Gasteiger partial charge on any atom is -0.496 e. The molecule has 0 heterocycles. The molecule has 0 saturated heterocycles. The predicted molar refractivity (Wildman–Crippen MR) is 84.7 cm³/mol. The number of aromatic carboxylic acids is 1. The summed E-state index contributed by atoms with van der Waals surface area (Å²) < 4.78 is 56.2. The van der Waals surface area contributed by atoms with Gasteiger partial charge in [-0.15, -0.1) is 13.2 Å². The lowest BCUT2D eigenvalue weighted by atomic mass is 10.1. The van der Waals surface area contributed by atoms with Crippen molar-refractivity contribution in [1.82, 2.24) is 0 Å². The van der Waals surface area contributed by atoms with E-state index in [2.05, 4.69) is 4.74 Å². The molecule has 2 rings (SSSR count). The minimum atomic E-state index is -4.87. The molecule has 0 spiro atoms. The molecule has 0 saturated carbocycles. The standard InChI is InChI=1S/C16H12ClF3O6/c1-23-11-7-9(26-16(18,19)20)3-4-10(11)25-13-6-8(17)5-12(24-2)14(13)15(21)22/h3-7H,1-2H3,(H,21,22). The molecule has 1 N–H and O–H groups in total. The summed E-state index contributed by atoms with van der Waals surface area (Å²) in [5.74, 6) is -2.25. The van der Waals surface area contributed by atoms with E-state index >= 15 is 0 Å². The van der Waals surface area contributed by atoms with Crippen LogP contribution in [-0.2, 0) is 0 Å². The third-order valence-electron chi connectivity index (χ3n) is 3.05. The molecule has 10 heteroatoms. The second-order valence-electron chi connectivity index (χ2n) is 4.75. The first-order valence-electron chi connectivity index (χ1n) is 6.87. The van der Waals surface area contributed by atoms with Crippen molar-refractivity contribution in [3.8, 4) is 28.7 Å². The van der Waals surface area contributed by atoms with E-state index in [9.17, 15) is 23.1 Å². The lowest BCUT2D eigenvalue weighted by Crippen LogP contribution is -2.17. The van der Waals surface area contributed by atoms with Gasteiger partial charge in [-0.25, -0.2) is 4.79 Å². The van der Waals surface area contributed by atoms with Crippen molar-refractivity contribution < 1.29 is 42.0 Å². The van der Waals surface area contributed by atoms with E-state index in [0.29, 0.717) is 0 Å². The number of benzene rings is 2. The fourth-order valence-electron chi connectivity index (χ4n) is 2.06. The van der Waals surface area contributed by atoms with Gasteiger partial charge < -0.3 is 24.1 Å². The number of hydrogen-bond donors (Lipinski definition) is 1. The maximum absolute atomic E-state index is 12.3. The molecular formula is C16H12ClF3O6. The quantitative estimate of drug-likeness (QED) is 0.765. The van der Waals surface area contributed by atoms with Crippen LogP contribution in [0.3, 0.4) is 0 Å². The lowest BCUT2D eigenvalue weighted by Gasteiger charge is -2.16. The Kier molecular flexibility index (Phi) is 5.71. The zero-order valence-corrected chi connectivity index (χ0v) is 14.1. The minimum absolute atomic E-state index is 0.0454. The van der Waals surface area contributed by atoms with E-state index < -0.39 is 18.1 Å². The molecule has 0 fully saturated rings. The molecule has 140 valence electrons. The highest BCUT2D eigenvalue weighted by molar-refractivity contribution is 6.31. The highest BCUT2D eigenvalue weighted by Crippen LogP contribution is 2.40. The van der Waals surface area contributed by atoms with E-state index in [-0.39, 0.29) is 33.6 Å². The number of methoxy groups -OCH3 is 2. The Labute approximate surface area is 150 Å². The number of hydrogen-bond acceptors (Lipinski definition) is 5. The molecule has 0 aliphatic rings. The van der Waals surface area contributed by atoms with Gasteiger partial charge in [0.1, 0.15) is 22.8 Å². The van der Waals surface area contributed by atoms with Crippen LogP contribution < -0.4 is 18.9 Å². The Morgan fingerprint density at radius 2 is 1.62 bits per heavy atom. The van der Waals surface area contributed by atoms with Crippen molar-refractivity contribution >= 4 is 17.6 Å². The summed E-state index contributed by atoms with van der Waals surface area (Å²) in [5.41, 5.74) is -0.311. The number of ether oxygens (including phenoxy) is 4. The molecule has 0 amide bonds. The van der Waals surface area contributed by atoms with Crippen molar-refractivity contribution in [3.63, 3.8) is 0 Å². The van der Waals surface area contributed by atoms with E-state index in [1.807, 2.05) is 0 Å². The number of carboxylic acids is 1. The SMILES string of the molecule is COc1cc(OC(F)(F)F)ccc1Oc1cc(Cl)cc(OC)c1C(=O)O. The number of halogens is 4. The van der Waals surface area contributed by atoms with E-state index in [4.69, 9.17) is 25.8 Å². The second kappa shape index (κ2) is 7.61. The molecule has 26 heavy (non-hydrogen) atoms. The van der Waals surface area contributed by atoms with E-state index in [0.717, 1.165) is 18.2 Å². The fourth-order valence-corrected chi connectivity index (χ4v) is 2.26. The zero-order chi connectivity index (χ0) is 19.5. The number of rotatable bonds is 6. The monoisotopic (exact) mass is 392 g/mol. The van der Waals surface area contributed by atoms with Gasteiger partial charge in [0.2, 0.25) is 0 Å². The number of carbonyl (C=O) groups is 1. The van der Waals surface area contributed by atoms with Crippen molar-refractivity contribution in [3.05, 3.63) is 40.9 Å². The summed E-state index contributed by atoms with van der Waals surface area (Å²) in [6.07, 6.45) is -4.87. The largest absolute Gasteiger partial charge is 0.573 e. The van der Waals surface area contributed by atoms with Crippen LogP contribution in [-0.4, -0.2) is 31.7 Å². The molecule has 2 aromatic rings. The average Bonchev–Trinajstić information content (AvgIpc) is 2.53. The molecule has 0 aliphatic heterocycles. The molecule has 0 atom stereocenters. The lowest BCUT2D eigenvalue weighted by molar-refractivity contribution is -0.274. The maximum Gasteiger partial charge on any atom is 0.573 e. The van der Waals surface area contributed by atoms with Gasteiger partial charge in [-0.1, -0.05) is 11.6 Å². The summed E-state index contributed by atoms with van der Waals surface area (Å²) in [7, 11) is 2.46. The summed E-state index contributed by atoms with van der Waals surface area (Å²) >= 11 is 5.91. The smallest absolute Gasteiger partial charge is 0.496 e. The Morgan fingerprint density at radius 1 is 1.00 bits per heavy atom. The molecule has 2 aromatic carbocycles. The first-order chi connectivity index (χ1) is 12.1. The van der Waals surface area contributed by atoms with Crippen LogP contribution in [0.25, 0.3) is 0 Å². The van der Waals surface area contributed by atoms with Crippen LogP contribution in [0.1, 0.15) is 10.4 Å². The summed E-state index contributed by atoms with van der Waals surface area (Å²) in [6.45, 7) is 0. The molecule has 6 nitrogen and oxygen atoms in total. The first-order valence-corrected chi connectivity index (χ1v) is 7.25. The van der Waals surface area contributed by atoms with Crippen LogP contribution in [0.15, 0.2) is 30.3 Å². The van der Waals surface area contributed by atoms with Crippen molar-refractivity contribution in [2.45, 2.75) is 6.36 Å². The van der Waals surface area contributed by atoms with Gasteiger partial charge in [0.05, 0.1) is 14.2 Å². The Hall–Kier alpha value is -2.81.